The van der Waals surface area contributed by atoms with Gasteiger partial charge in [-0.15, -0.1) is 22.7 Å². The lowest BCUT2D eigenvalue weighted by atomic mass is 9.83. The van der Waals surface area contributed by atoms with E-state index in [0.717, 1.165) is 66.7 Å². The molecule has 8 heteroatoms. The summed E-state index contributed by atoms with van der Waals surface area (Å²) >= 11 is 2.77. The normalized spacial score (nSPS) is 20.4. The molecule has 0 unspecified atom stereocenters. The third kappa shape index (κ3) is 6.83. The molecule has 0 amide bonds. The Hall–Kier alpha value is -4.08. The minimum absolute atomic E-state index is 0.151. The van der Waals surface area contributed by atoms with Crippen LogP contribution in [0.15, 0.2) is 120 Å². The van der Waals surface area contributed by atoms with Gasteiger partial charge in [0.1, 0.15) is 12.3 Å². The number of pyridine rings is 1. The number of quaternary nitrogens is 1. The highest BCUT2D eigenvalue weighted by Gasteiger charge is 2.51. The number of ether oxygens (including phenoxy) is 2. The standard InChI is InChI=1S/C26H30NO4S2.C13H9N/c28-25(26(29,23-9-4-17-32-23)24-10-5-18-33-24)31-22-19-27(14-11-20(22)12-15-27)13-6-16-30-21-7-2-1-3-8-21;1-3-7-12-10(5-1)9-11-6-2-4-8-13(11)14-12/h1-5,7-10,17-18,20,22,29H,6,11-16,19H2;1-9H/q+1;/t20?,22-,27?;/m0./s1. The molecule has 1 atom stereocenters. The molecule has 0 spiro atoms. The van der Waals surface area contributed by atoms with Gasteiger partial charge in [-0.1, -0.05) is 66.7 Å². The number of carbonyl (C=O) groups is 1. The van der Waals surface area contributed by atoms with Crippen molar-refractivity contribution in [2.45, 2.75) is 31.0 Å². The number of esters is 1. The fourth-order valence-electron chi connectivity index (χ4n) is 7.01. The fraction of sp³-hybridized carbons (Fsp3) is 0.282. The van der Waals surface area contributed by atoms with Crippen LogP contribution >= 0.6 is 22.7 Å². The molecule has 3 saturated heterocycles. The molecule has 0 radical (unpaired) electrons. The number of para-hydroxylation sites is 3. The quantitative estimate of drug-likeness (QED) is 0.0734. The Bertz CT molecular complexity index is 1760. The van der Waals surface area contributed by atoms with Crippen molar-refractivity contribution in [1.82, 2.24) is 4.98 Å². The van der Waals surface area contributed by atoms with Crippen molar-refractivity contribution in [2.24, 2.45) is 5.92 Å². The SMILES string of the molecule is O=C(O[C@H]1C[N+]2(CCCOc3ccccc3)CCC1CC2)C(O)(c1cccs1)c1cccs1.c1ccc2nc3ccccc3cc2c1. The third-order valence-corrected chi connectivity index (χ3v) is 11.5. The average Bonchev–Trinajstić information content (AvgIpc) is 3.87. The van der Waals surface area contributed by atoms with Crippen molar-refractivity contribution in [3.05, 3.63) is 130 Å². The molecule has 2 bridgehead atoms. The predicted octanol–water partition coefficient (Wildman–Crippen LogP) is 8.05. The zero-order chi connectivity index (χ0) is 32.1. The second kappa shape index (κ2) is 14.0. The van der Waals surface area contributed by atoms with Crippen LogP contribution in [0.1, 0.15) is 29.0 Å². The van der Waals surface area contributed by atoms with E-state index in [9.17, 15) is 9.90 Å². The Kier molecular flexibility index (Phi) is 9.36. The molecule has 6 nitrogen and oxygen atoms in total. The first kappa shape index (κ1) is 31.5. The highest BCUT2D eigenvalue weighted by molar-refractivity contribution is 7.12. The lowest BCUT2D eigenvalue weighted by Crippen LogP contribution is -2.65. The van der Waals surface area contributed by atoms with Crippen LogP contribution in [0.2, 0.25) is 0 Å². The minimum atomic E-state index is -1.73. The van der Waals surface area contributed by atoms with Gasteiger partial charge in [-0.05, 0) is 53.2 Å². The predicted molar refractivity (Wildman–Crippen MR) is 190 cm³/mol. The molecule has 0 aliphatic carbocycles. The number of piperidine rings is 3. The van der Waals surface area contributed by atoms with E-state index < -0.39 is 11.6 Å². The van der Waals surface area contributed by atoms with E-state index in [1.165, 1.54) is 33.4 Å². The smallest absolute Gasteiger partial charge is 0.349 e. The third-order valence-electron chi connectivity index (χ3n) is 9.56. The van der Waals surface area contributed by atoms with Crippen molar-refractivity contribution < 1.29 is 23.9 Å². The maximum absolute atomic E-state index is 13.4. The molecular weight excluding hydrogens is 625 g/mol. The van der Waals surface area contributed by atoms with Crippen molar-refractivity contribution in [1.29, 1.82) is 0 Å². The summed E-state index contributed by atoms with van der Waals surface area (Å²) in [7, 11) is 0. The number of benzene rings is 3. The summed E-state index contributed by atoms with van der Waals surface area (Å²) < 4.78 is 13.0. The number of rotatable bonds is 9. The van der Waals surface area contributed by atoms with Crippen LogP contribution in [0.4, 0.5) is 0 Å². The largest absolute Gasteiger partial charge is 0.493 e. The molecule has 9 rings (SSSR count). The first-order valence-electron chi connectivity index (χ1n) is 16.3. The Morgan fingerprint density at radius 3 is 2.00 bits per heavy atom. The first-order valence-corrected chi connectivity index (χ1v) is 18.1. The zero-order valence-corrected chi connectivity index (χ0v) is 27.9. The maximum Gasteiger partial charge on any atom is 0.349 e. The molecule has 6 aromatic rings. The van der Waals surface area contributed by atoms with Gasteiger partial charge in [-0.3, -0.25) is 0 Å². The van der Waals surface area contributed by atoms with Gasteiger partial charge in [0, 0.05) is 36.0 Å². The number of hydrogen-bond donors (Lipinski definition) is 1. The summed E-state index contributed by atoms with van der Waals surface area (Å²) in [6, 6.07) is 35.8. The monoisotopic (exact) mass is 663 g/mol. The molecule has 0 saturated carbocycles. The number of nitrogens with zero attached hydrogens (tertiary/aromatic N) is 2. The molecular formula is C39H39N2O4S2+. The van der Waals surface area contributed by atoms with Crippen molar-refractivity contribution in [3.8, 4) is 5.75 Å². The van der Waals surface area contributed by atoms with Crippen LogP contribution < -0.4 is 4.74 Å². The zero-order valence-electron chi connectivity index (χ0n) is 26.2. The van der Waals surface area contributed by atoms with Crippen LogP contribution in [0.3, 0.4) is 0 Å². The lowest BCUT2D eigenvalue weighted by molar-refractivity contribution is -0.946. The lowest BCUT2D eigenvalue weighted by Gasteiger charge is -2.52. The molecule has 6 heterocycles. The number of carbonyl (C=O) groups excluding carboxylic acids is 1. The fourth-order valence-corrected chi connectivity index (χ4v) is 8.72. The van der Waals surface area contributed by atoms with Gasteiger partial charge in [0.05, 0.1) is 47.0 Å². The second-order valence-electron chi connectivity index (χ2n) is 12.5. The summed E-state index contributed by atoms with van der Waals surface area (Å²) in [5.41, 5.74) is 0.389. The van der Waals surface area contributed by atoms with E-state index in [0.29, 0.717) is 22.3 Å². The van der Waals surface area contributed by atoms with Gasteiger partial charge in [-0.25, -0.2) is 9.78 Å². The van der Waals surface area contributed by atoms with E-state index in [1.807, 2.05) is 102 Å². The van der Waals surface area contributed by atoms with Crippen molar-refractivity contribution in [3.63, 3.8) is 0 Å². The van der Waals surface area contributed by atoms with Crippen molar-refractivity contribution in [2.75, 3.05) is 32.8 Å². The van der Waals surface area contributed by atoms with Gasteiger partial charge in [-0.2, -0.15) is 0 Å². The Balaban J connectivity index is 0.000000207. The van der Waals surface area contributed by atoms with Crippen LogP contribution in [-0.2, 0) is 15.1 Å². The molecule has 1 N–H and O–H groups in total. The topological polar surface area (TPSA) is 68.7 Å². The van der Waals surface area contributed by atoms with Crippen molar-refractivity contribution >= 4 is 50.4 Å². The molecule has 240 valence electrons. The number of fused-ring (bicyclic) bond motifs is 5. The van der Waals surface area contributed by atoms with Gasteiger partial charge < -0.3 is 19.1 Å². The van der Waals surface area contributed by atoms with Crippen LogP contribution in [0.25, 0.3) is 21.8 Å². The van der Waals surface area contributed by atoms with E-state index in [-0.39, 0.29) is 6.10 Å². The highest BCUT2D eigenvalue weighted by Crippen LogP contribution is 2.40. The summed E-state index contributed by atoms with van der Waals surface area (Å²) in [6.45, 7) is 4.79. The molecule has 3 aliphatic heterocycles. The van der Waals surface area contributed by atoms with Crippen LogP contribution in [0, 0.1) is 5.92 Å². The molecule has 47 heavy (non-hydrogen) atoms. The van der Waals surface area contributed by atoms with E-state index in [4.69, 9.17) is 9.47 Å². The summed E-state index contributed by atoms with van der Waals surface area (Å²) in [5, 5.41) is 17.7. The van der Waals surface area contributed by atoms with E-state index >= 15 is 0 Å². The number of aromatic nitrogens is 1. The summed E-state index contributed by atoms with van der Waals surface area (Å²) in [5.74, 6) is 0.741. The molecule has 3 fully saturated rings. The highest BCUT2D eigenvalue weighted by atomic mass is 32.1. The Morgan fingerprint density at radius 2 is 1.40 bits per heavy atom. The van der Waals surface area contributed by atoms with E-state index in [2.05, 4.69) is 23.2 Å². The summed E-state index contributed by atoms with van der Waals surface area (Å²) in [6.07, 6.45) is 2.94. The van der Waals surface area contributed by atoms with Gasteiger partial charge in [0.15, 0.2) is 6.10 Å². The second-order valence-corrected chi connectivity index (χ2v) is 14.4. The summed E-state index contributed by atoms with van der Waals surface area (Å²) in [4.78, 5) is 19.2. The van der Waals surface area contributed by atoms with Crippen LogP contribution in [0.5, 0.6) is 5.75 Å². The Morgan fingerprint density at radius 1 is 0.809 bits per heavy atom. The van der Waals surface area contributed by atoms with Crippen LogP contribution in [-0.4, -0.2) is 59.4 Å². The minimum Gasteiger partial charge on any atom is -0.493 e. The van der Waals surface area contributed by atoms with Gasteiger partial charge in [0.25, 0.3) is 0 Å². The average molecular weight is 664 g/mol. The van der Waals surface area contributed by atoms with E-state index in [1.54, 1.807) is 0 Å². The number of thiophene rings is 2. The molecule has 3 aromatic heterocycles. The Labute approximate surface area is 283 Å². The molecule has 3 aliphatic rings. The first-order chi connectivity index (χ1) is 23.0. The number of hydrogen-bond acceptors (Lipinski definition) is 7. The maximum atomic E-state index is 13.4. The van der Waals surface area contributed by atoms with Gasteiger partial charge in [0.2, 0.25) is 5.60 Å². The van der Waals surface area contributed by atoms with Gasteiger partial charge >= 0.3 is 5.97 Å². The molecule has 3 aromatic carbocycles. The number of aliphatic hydroxyl groups is 1.